The predicted octanol–water partition coefficient (Wildman–Crippen LogP) is 5.38. The summed E-state index contributed by atoms with van der Waals surface area (Å²) in [4.78, 5) is 21.3. The molecule has 0 saturated heterocycles. The monoisotopic (exact) mass is 414 g/mol. The Balaban J connectivity index is 1.37. The summed E-state index contributed by atoms with van der Waals surface area (Å²) in [5.41, 5.74) is 3.16. The Morgan fingerprint density at radius 3 is 2.56 bits per heavy atom. The van der Waals surface area contributed by atoms with Crippen molar-refractivity contribution in [2.24, 2.45) is 0 Å². The first-order chi connectivity index (χ1) is 13.2. The Labute approximate surface area is 169 Å². The summed E-state index contributed by atoms with van der Waals surface area (Å²) in [6.07, 6.45) is 3.87. The first-order valence-corrected chi connectivity index (χ1v) is 11.4. The van der Waals surface area contributed by atoms with Gasteiger partial charge in [0.25, 0.3) is 0 Å². The first-order valence-electron chi connectivity index (χ1n) is 8.56. The van der Waals surface area contributed by atoms with Gasteiger partial charge < -0.3 is 5.32 Å². The van der Waals surface area contributed by atoms with Gasteiger partial charge in [-0.2, -0.15) is 0 Å². The van der Waals surface area contributed by atoms with Gasteiger partial charge in [0.2, 0.25) is 0 Å². The van der Waals surface area contributed by atoms with Crippen LogP contribution in [0.2, 0.25) is 0 Å². The van der Waals surface area contributed by atoms with Gasteiger partial charge in [-0.05, 0) is 36.8 Å². The van der Waals surface area contributed by atoms with Crippen molar-refractivity contribution in [3.8, 4) is 0 Å². The number of aromatic nitrogens is 2. The standard InChI is InChI=1S/C19H18N4OS3/c1-25-19-22-14-10-9-13-15(16(14)27-19)26-18(21-13)23-17(24)20-11-5-8-12-6-3-2-4-7-12/h2-4,6-7,9-10H,5,8,11H2,1H3,(H2,20,21,23,24). The SMILES string of the molecule is CSc1nc2ccc3nc(NC(=O)NCCCc4ccccc4)sc3c2s1. The largest absolute Gasteiger partial charge is 0.338 e. The van der Waals surface area contributed by atoms with Gasteiger partial charge in [-0.25, -0.2) is 14.8 Å². The molecule has 0 radical (unpaired) electrons. The van der Waals surface area contributed by atoms with Crippen molar-refractivity contribution in [2.75, 3.05) is 18.1 Å². The van der Waals surface area contributed by atoms with Crippen LogP contribution in [0, 0.1) is 0 Å². The summed E-state index contributed by atoms with van der Waals surface area (Å²) in [6.45, 7) is 0.627. The Bertz CT molecular complexity index is 1070. The molecule has 4 aromatic rings. The van der Waals surface area contributed by atoms with Crippen LogP contribution in [0.4, 0.5) is 9.93 Å². The van der Waals surface area contributed by atoms with Crippen LogP contribution in [-0.4, -0.2) is 28.8 Å². The van der Waals surface area contributed by atoms with E-state index in [0.717, 1.165) is 37.6 Å². The Hall–Kier alpha value is -2.16. The molecule has 0 aliphatic carbocycles. The van der Waals surface area contributed by atoms with Crippen molar-refractivity contribution < 1.29 is 4.79 Å². The van der Waals surface area contributed by atoms with E-state index in [0.29, 0.717) is 11.7 Å². The highest BCUT2D eigenvalue weighted by atomic mass is 32.2. The van der Waals surface area contributed by atoms with Gasteiger partial charge in [0.15, 0.2) is 9.47 Å². The maximum atomic E-state index is 12.1. The highest BCUT2D eigenvalue weighted by Crippen LogP contribution is 2.37. The fourth-order valence-electron chi connectivity index (χ4n) is 2.77. The average molecular weight is 415 g/mol. The number of urea groups is 1. The fourth-order valence-corrected chi connectivity index (χ4v) is 5.43. The third-order valence-electron chi connectivity index (χ3n) is 4.06. The number of nitrogens with zero attached hydrogens (tertiary/aromatic N) is 2. The van der Waals surface area contributed by atoms with Crippen LogP contribution >= 0.6 is 34.4 Å². The molecular weight excluding hydrogens is 396 g/mol. The molecule has 2 amide bonds. The van der Waals surface area contributed by atoms with E-state index in [2.05, 4.69) is 32.7 Å². The van der Waals surface area contributed by atoms with Crippen molar-refractivity contribution in [3.63, 3.8) is 0 Å². The topological polar surface area (TPSA) is 66.9 Å². The van der Waals surface area contributed by atoms with Gasteiger partial charge >= 0.3 is 6.03 Å². The van der Waals surface area contributed by atoms with Crippen molar-refractivity contribution in [3.05, 3.63) is 48.0 Å². The Morgan fingerprint density at radius 1 is 1.04 bits per heavy atom. The fraction of sp³-hybridized carbons (Fsp3) is 0.211. The minimum Gasteiger partial charge on any atom is -0.338 e. The molecular formula is C19H18N4OS3. The molecule has 0 saturated carbocycles. The van der Waals surface area contributed by atoms with Crippen molar-refractivity contribution in [2.45, 2.75) is 17.2 Å². The Kier molecular flexibility index (Phi) is 5.56. The van der Waals surface area contributed by atoms with Gasteiger partial charge in [0.1, 0.15) is 0 Å². The minimum absolute atomic E-state index is 0.215. The number of hydrogen-bond acceptors (Lipinski definition) is 6. The lowest BCUT2D eigenvalue weighted by atomic mass is 10.1. The molecule has 0 atom stereocenters. The molecule has 27 heavy (non-hydrogen) atoms. The molecule has 2 aromatic carbocycles. The van der Waals surface area contributed by atoms with E-state index in [-0.39, 0.29) is 6.03 Å². The van der Waals surface area contributed by atoms with E-state index < -0.39 is 0 Å². The third kappa shape index (κ3) is 4.23. The summed E-state index contributed by atoms with van der Waals surface area (Å²) >= 11 is 4.80. The number of anilines is 1. The molecule has 5 nitrogen and oxygen atoms in total. The molecule has 0 unspecified atom stereocenters. The molecule has 0 aliphatic rings. The highest BCUT2D eigenvalue weighted by molar-refractivity contribution is 8.00. The van der Waals surface area contributed by atoms with Crippen LogP contribution in [0.15, 0.2) is 46.8 Å². The van der Waals surface area contributed by atoms with Crippen LogP contribution in [0.1, 0.15) is 12.0 Å². The smallest absolute Gasteiger partial charge is 0.321 e. The normalized spacial score (nSPS) is 11.1. The number of hydrogen-bond donors (Lipinski definition) is 2. The number of thioether (sulfide) groups is 1. The van der Waals surface area contributed by atoms with E-state index in [1.54, 1.807) is 23.1 Å². The summed E-state index contributed by atoms with van der Waals surface area (Å²) in [6, 6.07) is 14.0. The zero-order valence-corrected chi connectivity index (χ0v) is 17.1. The third-order valence-corrected chi connectivity index (χ3v) is 7.27. The van der Waals surface area contributed by atoms with Gasteiger partial charge in [-0.15, -0.1) is 11.3 Å². The quantitative estimate of drug-likeness (QED) is 0.328. The van der Waals surface area contributed by atoms with Gasteiger partial charge in [0, 0.05) is 6.54 Å². The van der Waals surface area contributed by atoms with Gasteiger partial charge in [-0.1, -0.05) is 53.4 Å². The van der Waals surface area contributed by atoms with Crippen LogP contribution in [0.25, 0.3) is 20.4 Å². The number of carbonyl (C=O) groups excluding carboxylic acids is 1. The lowest BCUT2D eigenvalue weighted by Crippen LogP contribution is -2.29. The predicted molar refractivity (Wildman–Crippen MR) is 116 cm³/mol. The van der Waals surface area contributed by atoms with Crippen molar-refractivity contribution >= 4 is 66.0 Å². The van der Waals surface area contributed by atoms with Crippen molar-refractivity contribution in [1.29, 1.82) is 0 Å². The molecule has 2 aromatic heterocycles. The molecule has 0 fully saturated rings. The second-order valence-electron chi connectivity index (χ2n) is 5.94. The zero-order valence-electron chi connectivity index (χ0n) is 14.7. The van der Waals surface area contributed by atoms with Gasteiger partial charge in [-0.3, -0.25) is 5.32 Å². The molecule has 138 valence electrons. The average Bonchev–Trinajstić information content (AvgIpc) is 3.29. The molecule has 0 aliphatic heterocycles. The summed E-state index contributed by atoms with van der Waals surface area (Å²) in [7, 11) is 0. The number of rotatable bonds is 6. The molecule has 8 heteroatoms. The maximum Gasteiger partial charge on any atom is 0.321 e. The number of carbonyl (C=O) groups is 1. The lowest BCUT2D eigenvalue weighted by molar-refractivity contribution is 0.252. The number of thiazole rings is 2. The number of benzene rings is 2. The van der Waals surface area contributed by atoms with Crippen LogP contribution in [0.5, 0.6) is 0 Å². The van der Waals surface area contributed by atoms with E-state index in [1.165, 1.54) is 16.9 Å². The molecule has 2 N–H and O–H groups in total. The second-order valence-corrected chi connectivity index (χ2v) is 8.99. The van der Waals surface area contributed by atoms with Crippen molar-refractivity contribution in [1.82, 2.24) is 15.3 Å². The number of nitrogens with one attached hydrogen (secondary N) is 2. The highest BCUT2D eigenvalue weighted by Gasteiger charge is 2.13. The maximum absolute atomic E-state index is 12.1. The lowest BCUT2D eigenvalue weighted by Gasteiger charge is -2.05. The molecule has 0 bridgehead atoms. The van der Waals surface area contributed by atoms with E-state index in [1.807, 2.05) is 36.6 Å². The number of amides is 2. The minimum atomic E-state index is -0.215. The van der Waals surface area contributed by atoms with Crippen LogP contribution in [0.3, 0.4) is 0 Å². The van der Waals surface area contributed by atoms with Crippen LogP contribution < -0.4 is 10.6 Å². The van der Waals surface area contributed by atoms with E-state index in [9.17, 15) is 4.79 Å². The van der Waals surface area contributed by atoms with E-state index >= 15 is 0 Å². The first kappa shape index (κ1) is 18.2. The van der Waals surface area contributed by atoms with Gasteiger partial charge in [0.05, 0.1) is 20.4 Å². The van der Waals surface area contributed by atoms with E-state index in [4.69, 9.17) is 0 Å². The zero-order chi connectivity index (χ0) is 18.6. The number of aryl methyl sites for hydroxylation is 1. The summed E-state index contributed by atoms with van der Waals surface area (Å²) in [5.74, 6) is 0. The molecule has 0 spiro atoms. The van der Waals surface area contributed by atoms with Crippen LogP contribution in [-0.2, 0) is 6.42 Å². The summed E-state index contributed by atoms with van der Waals surface area (Å²) < 4.78 is 3.24. The second kappa shape index (κ2) is 8.24. The Morgan fingerprint density at radius 2 is 1.78 bits per heavy atom. The number of fused-ring (bicyclic) bond motifs is 3. The summed E-state index contributed by atoms with van der Waals surface area (Å²) in [5, 5.41) is 6.36. The molecule has 2 heterocycles. The molecule has 4 rings (SSSR count).